The second kappa shape index (κ2) is 9.99. The van der Waals surface area contributed by atoms with Gasteiger partial charge >= 0.3 is 6.03 Å². The maximum Gasteiger partial charge on any atom is 0.319 e. The number of rotatable bonds is 7. The molecule has 170 valence electrons. The van der Waals surface area contributed by atoms with Crippen LogP contribution in [0.3, 0.4) is 0 Å². The number of nitrogens with zero attached hydrogens (tertiary/aromatic N) is 3. The molecule has 0 aliphatic carbocycles. The van der Waals surface area contributed by atoms with Gasteiger partial charge in [-0.15, -0.1) is 0 Å². The number of hydrogen-bond acceptors (Lipinski definition) is 5. The van der Waals surface area contributed by atoms with Crippen molar-refractivity contribution in [1.29, 1.82) is 0 Å². The van der Waals surface area contributed by atoms with Crippen LogP contribution < -0.4 is 10.6 Å². The number of morpholine rings is 2. The monoisotopic (exact) mass is 429 g/mol. The van der Waals surface area contributed by atoms with Gasteiger partial charge < -0.3 is 24.7 Å². The number of carbonyl (C=O) groups excluding carboxylic acids is 1. The van der Waals surface area contributed by atoms with Crippen molar-refractivity contribution in [3.05, 3.63) is 30.5 Å². The van der Waals surface area contributed by atoms with Crippen molar-refractivity contribution >= 4 is 22.6 Å². The molecule has 31 heavy (non-hydrogen) atoms. The minimum absolute atomic E-state index is 0.108. The van der Waals surface area contributed by atoms with Crippen molar-refractivity contribution in [2.45, 2.75) is 25.9 Å². The third-order valence-corrected chi connectivity index (χ3v) is 6.34. The molecule has 2 aromatic rings. The molecule has 0 bridgehead atoms. The van der Waals surface area contributed by atoms with E-state index in [0.717, 1.165) is 76.8 Å². The Morgan fingerprint density at radius 3 is 2.45 bits per heavy atom. The lowest BCUT2D eigenvalue weighted by Crippen LogP contribution is -2.55. The average molecular weight is 430 g/mol. The largest absolute Gasteiger partial charge is 0.379 e. The molecule has 2 amide bonds. The van der Waals surface area contributed by atoms with E-state index in [4.69, 9.17) is 9.47 Å². The summed E-state index contributed by atoms with van der Waals surface area (Å²) < 4.78 is 13.1. The molecule has 0 spiro atoms. The van der Waals surface area contributed by atoms with Gasteiger partial charge in [0.05, 0.1) is 26.4 Å². The lowest BCUT2D eigenvalue weighted by atomic mass is 10.0. The summed E-state index contributed by atoms with van der Waals surface area (Å²) in [5.74, 6) is 0. The third kappa shape index (κ3) is 5.77. The van der Waals surface area contributed by atoms with Crippen molar-refractivity contribution in [2.75, 3.05) is 71.0 Å². The van der Waals surface area contributed by atoms with Crippen LogP contribution in [-0.4, -0.2) is 91.6 Å². The Labute approximate surface area is 184 Å². The van der Waals surface area contributed by atoms with Gasteiger partial charge in [-0.2, -0.15) is 0 Å². The van der Waals surface area contributed by atoms with Crippen LogP contribution in [0.25, 0.3) is 10.9 Å². The molecule has 2 fully saturated rings. The van der Waals surface area contributed by atoms with Gasteiger partial charge in [-0.1, -0.05) is 0 Å². The van der Waals surface area contributed by atoms with Gasteiger partial charge in [0.2, 0.25) is 0 Å². The number of amides is 2. The maximum absolute atomic E-state index is 12.5. The first kappa shape index (κ1) is 22.1. The number of urea groups is 1. The molecule has 2 N–H and O–H groups in total. The number of nitrogens with one attached hydrogen (secondary N) is 2. The van der Waals surface area contributed by atoms with Crippen LogP contribution in [0, 0.1) is 0 Å². The first-order valence-corrected chi connectivity index (χ1v) is 11.3. The van der Waals surface area contributed by atoms with Crippen LogP contribution in [0.5, 0.6) is 0 Å². The van der Waals surface area contributed by atoms with E-state index in [2.05, 4.69) is 57.2 Å². The van der Waals surface area contributed by atoms with Crippen LogP contribution in [-0.2, 0) is 16.0 Å². The molecule has 3 heterocycles. The summed E-state index contributed by atoms with van der Waals surface area (Å²) >= 11 is 0. The molecule has 0 radical (unpaired) electrons. The van der Waals surface area contributed by atoms with Gasteiger partial charge in [-0.25, -0.2) is 4.79 Å². The molecule has 8 heteroatoms. The quantitative estimate of drug-likeness (QED) is 0.706. The second-order valence-electron chi connectivity index (χ2n) is 8.96. The Bertz CT molecular complexity index is 869. The maximum atomic E-state index is 12.5. The van der Waals surface area contributed by atoms with Crippen LogP contribution in [0.15, 0.2) is 30.5 Å². The number of benzene rings is 1. The van der Waals surface area contributed by atoms with Gasteiger partial charge in [0.1, 0.15) is 0 Å². The van der Waals surface area contributed by atoms with Crippen molar-refractivity contribution in [2.24, 2.45) is 0 Å². The van der Waals surface area contributed by atoms with Crippen molar-refractivity contribution in [3.8, 4) is 0 Å². The van der Waals surface area contributed by atoms with E-state index < -0.39 is 0 Å². The summed E-state index contributed by atoms with van der Waals surface area (Å²) in [6, 6.07) is 8.03. The molecule has 0 saturated carbocycles. The van der Waals surface area contributed by atoms with Crippen molar-refractivity contribution < 1.29 is 14.3 Å². The summed E-state index contributed by atoms with van der Waals surface area (Å²) in [5.41, 5.74) is 1.88. The number of carbonyl (C=O) groups is 1. The smallest absolute Gasteiger partial charge is 0.319 e. The van der Waals surface area contributed by atoms with Crippen LogP contribution in [0.4, 0.5) is 10.5 Å². The topological polar surface area (TPSA) is 71.0 Å². The van der Waals surface area contributed by atoms with E-state index in [-0.39, 0.29) is 11.6 Å². The first-order chi connectivity index (χ1) is 15.0. The second-order valence-corrected chi connectivity index (χ2v) is 8.96. The zero-order chi connectivity index (χ0) is 21.7. The van der Waals surface area contributed by atoms with E-state index in [9.17, 15) is 4.79 Å². The van der Waals surface area contributed by atoms with Crippen molar-refractivity contribution in [1.82, 2.24) is 19.7 Å². The van der Waals surface area contributed by atoms with E-state index >= 15 is 0 Å². The molecular weight excluding hydrogens is 394 g/mol. The van der Waals surface area contributed by atoms with Crippen LogP contribution in [0.2, 0.25) is 0 Å². The highest BCUT2D eigenvalue weighted by Gasteiger charge is 2.28. The molecular formula is C23H35N5O3. The fourth-order valence-electron chi connectivity index (χ4n) is 4.30. The highest BCUT2D eigenvalue weighted by Crippen LogP contribution is 2.21. The Morgan fingerprint density at radius 1 is 1.00 bits per heavy atom. The molecule has 1 aromatic heterocycles. The van der Waals surface area contributed by atoms with E-state index in [1.165, 1.54) is 5.52 Å². The number of hydrogen-bond donors (Lipinski definition) is 2. The fourth-order valence-corrected chi connectivity index (χ4v) is 4.30. The van der Waals surface area contributed by atoms with E-state index in [1.807, 2.05) is 12.1 Å². The van der Waals surface area contributed by atoms with Crippen molar-refractivity contribution in [3.63, 3.8) is 0 Å². The summed E-state index contributed by atoms with van der Waals surface area (Å²) in [4.78, 5) is 17.3. The molecule has 2 aliphatic heterocycles. The summed E-state index contributed by atoms with van der Waals surface area (Å²) in [6.45, 7) is 13.8. The highest BCUT2D eigenvalue weighted by molar-refractivity contribution is 5.93. The lowest BCUT2D eigenvalue weighted by Gasteiger charge is -2.40. The Kier molecular flexibility index (Phi) is 7.12. The Balaban J connectivity index is 1.29. The Morgan fingerprint density at radius 2 is 1.71 bits per heavy atom. The summed E-state index contributed by atoms with van der Waals surface area (Å²) in [6.07, 6.45) is 2.12. The molecule has 4 rings (SSSR count). The molecule has 2 saturated heterocycles. The van der Waals surface area contributed by atoms with Crippen LogP contribution in [0.1, 0.15) is 13.8 Å². The first-order valence-electron chi connectivity index (χ1n) is 11.3. The zero-order valence-electron chi connectivity index (χ0n) is 18.7. The standard InChI is InChI=1S/C23H35N5O3/c1-23(2,28-11-15-31-16-12-28)18-24-22(29)25-20-3-4-21-19(17-20)5-6-27(21)8-7-26-9-13-30-14-10-26/h3-6,17H,7-16,18H2,1-2H3,(H2,24,25,29). The number of anilines is 1. The molecule has 0 unspecified atom stereocenters. The normalized spacial score (nSPS) is 18.9. The molecule has 8 nitrogen and oxygen atoms in total. The molecule has 0 atom stereocenters. The van der Waals surface area contributed by atoms with Gasteiger partial charge in [0, 0.05) is 74.1 Å². The Hall–Kier alpha value is -2.13. The average Bonchev–Trinajstić information content (AvgIpc) is 3.20. The predicted octanol–water partition coefficient (Wildman–Crippen LogP) is 2.21. The van der Waals surface area contributed by atoms with Gasteiger partial charge in [0.15, 0.2) is 0 Å². The minimum atomic E-state index is -0.174. The third-order valence-electron chi connectivity index (χ3n) is 6.34. The minimum Gasteiger partial charge on any atom is -0.379 e. The van der Waals surface area contributed by atoms with Gasteiger partial charge in [-0.3, -0.25) is 9.80 Å². The summed E-state index contributed by atoms with van der Waals surface area (Å²) in [7, 11) is 0. The predicted molar refractivity (Wildman–Crippen MR) is 123 cm³/mol. The van der Waals surface area contributed by atoms with E-state index in [1.54, 1.807) is 0 Å². The SMILES string of the molecule is CC(C)(CNC(=O)Nc1ccc2c(ccn2CCN2CCOCC2)c1)N1CCOCC1. The number of fused-ring (bicyclic) bond motifs is 1. The fraction of sp³-hybridized carbons (Fsp3) is 0.609. The highest BCUT2D eigenvalue weighted by atomic mass is 16.5. The lowest BCUT2D eigenvalue weighted by molar-refractivity contribution is -0.00863. The zero-order valence-corrected chi connectivity index (χ0v) is 18.7. The van der Waals surface area contributed by atoms with E-state index in [0.29, 0.717) is 6.54 Å². The summed E-state index contributed by atoms with van der Waals surface area (Å²) in [5, 5.41) is 7.14. The molecule has 1 aromatic carbocycles. The van der Waals surface area contributed by atoms with Gasteiger partial charge in [0.25, 0.3) is 0 Å². The number of aromatic nitrogens is 1. The van der Waals surface area contributed by atoms with Gasteiger partial charge in [-0.05, 0) is 38.1 Å². The molecule has 2 aliphatic rings. The van der Waals surface area contributed by atoms with Crippen LogP contribution >= 0.6 is 0 Å². The number of ether oxygens (including phenoxy) is 2.